The molecule has 0 aromatic heterocycles. The minimum atomic E-state index is -0.334. The third-order valence-corrected chi connectivity index (χ3v) is 2.37. The standard InChI is InChI=1S/C11H25N7O3/c1-2-14-3-9(19)17-8-18(4-10(20)15-6-12)5-11(21)16-7-13/h14H,2-8,12-13H2,1H3,(H,15,20)(H,16,21)(H,17,19). The van der Waals surface area contributed by atoms with Crippen LogP contribution in [0.25, 0.3) is 0 Å². The van der Waals surface area contributed by atoms with E-state index in [0.717, 1.165) is 0 Å². The summed E-state index contributed by atoms with van der Waals surface area (Å²) in [7, 11) is 0. The summed E-state index contributed by atoms with van der Waals surface area (Å²) in [6, 6.07) is 0. The Labute approximate surface area is 124 Å². The van der Waals surface area contributed by atoms with Crippen molar-refractivity contribution in [1.82, 2.24) is 26.2 Å². The molecule has 0 radical (unpaired) electrons. The minimum Gasteiger partial charge on any atom is -0.343 e. The number of amides is 3. The fourth-order valence-electron chi connectivity index (χ4n) is 1.41. The second kappa shape index (κ2) is 12.0. The summed E-state index contributed by atoms with van der Waals surface area (Å²) < 4.78 is 0. The Kier molecular flexibility index (Phi) is 11.0. The number of nitrogens with zero attached hydrogens (tertiary/aromatic N) is 1. The molecule has 3 amide bonds. The summed E-state index contributed by atoms with van der Waals surface area (Å²) in [6.07, 6.45) is 0. The van der Waals surface area contributed by atoms with Crippen molar-refractivity contribution in [2.45, 2.75) is 6.92 Å². The molecule has 8 N–H and O–H groups in total. The van der Waals surface area contributed by atoms with E-state index >= 15 is 0 Å². The maximum atomic E-state index is 11.5. The van der Waals surface area contributed by atoms with Crippen LogP contribution >= 0.6 is 0 Å². The highest BCUT2D eigenvalue weighted by molar-refractivity contribution is 5.81. The molecule has 10 heteroatoms. The molecule has 0 rings (SSSR count). The molecule has 0 heterocycles. The number of nitrogens with one attached hydrogen (secondary N) is 4. The van der Waals surface area contributed by atoms with Crippen molar-refractivity contribution in [3.63, 3.8) is 0 Å². The number of nitrogens with two attached hydrogens (primary N) is 2. The van der Waals surface area contributed by atoms with Crippen molar-refractivity contribution < 1.29 is 14.4 Å². The molecule has 0 saturated heterocycles. The van der Waals surface area contributed by atoms with Crippen LogP contribution in [0.1, 0.15) is 6.92 Å². The predicted molar refractivity (Wildman–Crippen MR) is 77.5 cm³/mol. The third kappa shape index (κ3) is 10.7. The number of rotatable bonds is 11. The van der Waals surface area contributed by atoms with E-state index in [4.69, 9.17) is 11.5 Å². The smallest absolute Gasteiger partial charge is 0.235 e. The SMILES string of the molecule is CCNCC(=O)NCN(CC(=O)NCN)CC(=O)NCN. The molecule has 0 aliphatic carbocycles. The fourth-order valence-corrected chi connectivity index (χ4v) is 1.41. The molecule has 0 aromatic carbocycles. The zero-order valence-corrected chi connectivity index (χ0v) is 12.3. The van der Waals surface area contributed by atoms with Gasteiger partial charge in [0.1, 0.15) is 0 Å². The fraction of sp³-hybridized carbons (Fsp3) is 0.727. The van der Waals surface area contributed by atoms with Gasteiger partial charge in [-0.15, -0.1) is 0 Å². The first-order valence-electron chi connectivity index (χ1n) is 6.66. The summed E-state index contributed by atoms with van der Waals surface area (Å²) in [6.45, 7) is 2.70. The van der Waals surface area contributed by atoms with E-state index in [9.17, 15) is 14.4 Å². The number of hydrogen-bond acceptors (Lipinski definition) is 7. The van der Waals surface area contributed by atoms with Gasteiger partial charge in [0.25, 0.3) is 0 Å². The lowest BCUT2D eigenvalue weighted by Gasteiger charge is -2.21. The van der Waals surface area contributed by atoms with E-state index in [-0.39, 0.29) is 57.4 Å². The van der Waals surface area contributed by atoms with Gasteiger partial charge in [0.05, 0.1) is 39.6 Å². The van der Waals surface area contributed by atoms with Crippen LogP contribution < -0.4 is 32.7 Å². The van der Waals surface area contributed by atoms with Crippen LogP contribution in [0, 0.1) is 0 Å². The highest BCUT2D eigenvalue weighted by atomic mass is 16.2. The Bertz CT molecular complexity index is 318. The zero-order valence-electron chi connectivity index (χ0n) is 12.3. The summed E-state index contributed by atoms with van der Waals surface area (Å²) in [5, 5.41) is 10.3. The molecule has 0 aromatic rings. The molecule has 21 heavy (non-hydrogen) atoms. The second-order valence-corrected chi connectivity index (χ2v) is 4.13. The summed E-state index contributed by atoms with van der Waals surface area (Å²) in [5.74, 6) is -0.890. The third-order valence-electron chi connectivity index (χ3n) is 2.37. The van der Waals surface area contributed by atoms with Crippen LogP contribution in [0.2, 0.25) is 0 Å². The predicted octanol–water partition coefficient (Wildman–Crippen LogP) is -3.96. The van der Waals surface area contributed by atoms with Crippen molar-refractivity contribution in [1.29, 1.82) is 0 Å². The molecule has 0 saturated carbocycles. The van der Waals surface area contributed by atoms with Crippen molar-refractivity contribution >= 4 is 17.7 Å². The largest absolute Gasteiger partial charge is 0.343 e. The molecule has 0 bridgehead atoms. The van der Waals surface area contributed by atoms with Crippen LogP contribution in [0.5, 0.6) is 0 Å². The second-order valence-electron chi connectivity index (χ2n) is 4.13. The van der Waals surface area contributed by atoms with E-state index < -0.39 is 0 Å². The van der Waals surface area contributed by atoms with E-state index in [2.05, 4.69) is 21.3 Å². The van der Waals surface area contributed by atoms with Gasteiger partial charge >= 0.3 is 0 Å². The van der Waals surface area contributed by atoms with Gasteiger partial charge in [-0.25, -0.2) is 0 Å². The van der Waals surface area contributed by atoms with Gasteiger partial charge in [-0.1, -0.05) is 6.92 Å². The molecule has 0 unspecified atom stereocenters. The Hall–Kier alpha value is -1.75. The number of likely N-dealkylation sites (N-methyl/N-ethyl adjacent to an activating group) is 1. The molecule has 0 aliphatic rings. The van der Waals surface area contributed by atoms with Crippen molar-refractivity contribution in [3.8, 4) is 0 Å². The first-order valence-corrected chi connectivity index (χ1v) is 6.66. The van der Waals surface area contributed by atoms with E-state index in [0.29, 0.717) is 6.54 Å². The lowest BCUT2D eigenvalue weighted by molar-refractivity contribution is -0.127. The molecule has 0 fully saturated rings. The lowest BCUT2D eigenvalue weighted by atomic mass is 10.4. The van der Waals surface area contributed by atoms with Crippen LogP contribution in [0.3, 0.4) is 0 Å². The quantitative estimate of drug-likeness (QED) is 0.213. The monoisotopic (exact) mass is 303 g/mol. The molecule has 122 valence electrons. The molecular weight excluding hydrogens is 278 g/mol. The summed E-state index contributed by atoms with van der Waals surface area (Å²) in [5.41, 5.74) is 10.4. The molecule has 10 nitrogen and oxygen atoms in total. The van der Waals surface area contributed by atoms with Crippen LogP contribution in [-0.4, -0.2) is 68.8 Å². The van der Waals surface area contributed by atoms with Crippen molar-refractivity contribution in [2.24, 2.45) is 11.5 Å². The van der Waals surface area contributed by atoms with Crippen molar-refractivity contribution in [3.05, 3.63) is 0 Å². The van der Waals surface area contributed by atoms with Gasteiger partial charge in [0.15, 0.2) is 0 Å². The zero-order chi connectivity index (χ0) is 16.1. The van der Waals surface area contributed by atoms with Gasteiger partial charge < -0.3 is 32.7 Å². The van der Waals surface area contributed by atoms with Gasteiger partial charge in [-0.05, 0) is 6.54 Å². The number of carbonyl (C=O) groups is 3. The Morgan fingerprint density at radius 2 is 1.43 bits per heavy atom. The lowest BCUT2D eigenvalue weighted by Crippen LogP contribution is -2.49. The summed E-state index contributed by atoms with van der Waals surface area (Å²) >= 11 is 0. The average molecular weight is 303 g/mol. The van der Waals surface area contributed by atoms with E-state index in [1.54, 1.807) is 0 Å². The molecule has 0 aliphatic heterocycles. The van der Waals surface area contributed by atoms with E-state index in [1.165, 1.54) is 4.90 Å². The van der Waals surface area contributed by atoms with Crippen LogP contribution in [0.15, 0.2) is 0 Å². The number of hydrogen-bond donors (Lipinski definition) is 6. The first kappa shape index (κ1) is 19.2. The minimum absolute atomic E-state index is 0.00838. The molecular formula is C11H25N7O3. The Morgan fingerprint density at radius 1 is 0.905 bits per heavy atom. The molecule has 0 atom stereocenters. The van der Waals surface area contributed by atoms with Gasteiger partial charge in [-0.2, -0.15) is 0 Å². The maximum absolute atomic E-state index is 11.5. The highest BCUT2D eigenvalue weighted by Crippen LogP contribution is 1.86. The first-order chi connectivity index (χ1) is 10.0. The maximum Gasteiger partial charge on any atom is 0.235 e. The van der Waals surface area contributed by atoms with Crippen LogP contribution in [0.4, 0.5) is 0 Å². The Balaban J connectivity index is 4.32. The topological polar surface area (TPSA) is 155 Å². The van der Waals surface area contributed by atoms with Gasteiger partial charge in [0, 0.05) is 0 Å². The average Bonchev–Trinajstić information content (AvgIpc) is 2.43. The number of carbonyl (C=O) groups excluding carboxylic acids is 3. The van der Waals surface area contributed by atoms with Gasteiger partial charge in [0.2, 0.25) is 17.7 Å². The van der Waals surface area contributed by atoms with E-state index in [1.807, 2.05) is 6.92 Å². The normalized spacial score (nSPS) is 10.3. The molecule has 0 spiro atoms. The van der Waals surface area contributed by atoms with Crippen molar-refractivity contribution in [2.75, 3.05) is 46.2 Å². The summed E-state index contributed by atoms with van der Waals surface area (Å²) in [4.78, 5) is 36.0. The van der Waals surface area contributed by atoms with Gasteiger partial charge in [-0.3, -0.25) is 19.3 Å². The Morgan fingerprint density at radius 3 is 1.86 bits per heavy atom. The highest BCUT2D eigenvalue weighted by Gasteiger charge is 2.14. The van der Waals surface area contributed by atoms with Crippen LogP contribution in [-0.2, 0) is 14.4 Å².